The first-order valence-electron chi connectivity index (χ1n) is 13.3. The maximum atomic E-state index is 13.1. The summed E-state index contributed by atoms with van der Waals surface area (Å²) in [6.45, 7) is 8.10. The van der Waals surface area contributed by atoms with Crippen molar-refractivity contribution in [1.82, 2.24) is 0 Å². The Morgan fingerprint density at radius 2 is 0.810 bits per heavy atom. The molecule has 0 saturated heterocycles. The average molecular weight is 562 g/mol. The van der Waals surface area contributed by atoms with E-state index in [1.165, 1.54) is 13.8 Å². The zero-order valence-electron chi connectivity index (χ0n) is 24.1. The van der Waals surface area contributed by atoms with E-state index >= 15 is 0 Å². The number of ketones is 1. The fraction of sp³-hybridized carbons (Fsp3) is 0.147. The number of oxime groups is 2. The molecule has 4 aromatic carbocycles. The third kappa shape index (κ3) is 7.42. The van der Waals surface area contributed by atoms with E-state index in [1.54, 1.807) is 13.8 Å². The van der Waals surface area contributed by atoms with Crippen molar-refractivity contribution < 1.29 is 24.1 Å². The van der Waals surface area contributed by atoms with Crippen LogP contribution in [0.5, 0.6) is 0 Å². The molecule has 0 aromatic heterocycles. The molecule has 42 heavy (non-hydrogen) atoms. The zero-order chi connectivity index (χ0) is 30.2. The maximum absolute atomic E-state index is 13.1. The molecule has 0 spiro atoms. The summed E-state index contributed by atoms with van der Waals surface area (Å²) in [6, 6.07) is 30.3. The number of benzene rings is 4. The Morgan fingerprint density at radius 1 is 0.500 bits per heavy atom. The van der Waals surface area contributed by atoms with E-state index in [-0.39, 0.29) is 5.78 Å². The molecule has 0 fully saturated rings. The first-order valence-corrected chi connectivity index (χ1v) is 13.3. The number of carbonyl (C=O) groups excluding carboxylic acids is 3. The van der Waals surface area contributed by atoms with Gasteiger partial charge in [-0.25, -0.2) is 9.59 Å². The topological polar surface area (TPSA) is 97.6 Å². The molecule has 0 heterocycles. The Labute approximate surface area is 244 Å². The van der Waals surface area contributed by atoms with Crippen LogP contribution in [0.2, 0.25) is 0 Å². The fourth-order valence-corrected chi connectivity index (χ4v) is 4.15. The summed E-state index contributed by atoms with van der Waals surface area (Å²) in [6.07, 6.45) is 0. The average Bonchev–Trinajstić information content (AvgIpc) is 3.00. The monoisotopic (exact) mass is 561 g/mol. The molecule has 8 nitrogen and oxygen atoms in total. The second-order valence-electron chi connectivity index (χ2n) is 9.69. The Kier molecular flexibility index (Phi) is 9.39. The Bertz CT molecular complexity index is 1560. The lowest BCUT2D eigenvalue weighted by atomic mass is 10.0. The molecular weight excluding hydrogens is 530 g/mol. The molecule has 4 rings (SSSR count). The van der Waals surface area contributed by atoms with E-state index in [2.05, 4.69) is 10.3 Å². The second kappa shape index (κ2) is 13.3. The molecule has 0 N–H and O–H groups in total. The van der Waals surface area contributed by atoms with Crippen LogP contribution in [0.25, 0.3) is 0 Å². The van der Waals surface area contributed by atoms with Gasteiger partial charge < -0.3 is 14.6 Å². The molecule has 0 unspecified atom stereocenters. The number of hydrogen-bond acceptors (Lipinski definition) is 8. The van der Waals surface area contributed by atoms with Crippen LogP contribution < -0.4 is 4.90 Å². The van der Waals surface area contributed by atoms with Crippen LogP contribution in [0.4, 0.5) is 17.1 Å². The van der Waals surface area contributed by atoms with Crippen LogP contribution in [0.3, 0.4) is 0 Å². The van der Waals surface area contributed by atoms with Crippen molar-refractivity contribution >= 4 is 46.2 Å². The Hall–Kier alpha value is -5.37. The molecule has 0 saturated carbocycles. The maximum Gasteiger partial charge on any atom is 0.331 e. The predicted molar refractivity (Wildman–Crippen MR) is 164 cm³/mol. The summed E-state index contributed by atoms with van der Waals surface area (Å²) in [4.78, 5) is 47.0. The quantitative estimate of drug-likeness (QED) is 0.0923. The largest absolute Gasteiger partial charge is 0.331 e. The molecule has 0 radical (unpaired) electrons. The summed E-state index contributed by atoms with van der Waals surface area (Å²) in [5.41, 5.74) is 7.59. The van der Waals surface area contributed by atoms with Gasteiger partial charge in [-0.15, -0.1) is 0 Å². The minimum atomic E-state index is -0.488. The molecular formula is C34H31N3O5. The molecule has 0 aliphatic carbocycles. The van der Waals surface area contributed by atoms with Gasteiger partial charge in [0.15, 0.2) is 5.78 Å². The number of aryl methyl sites for hydroxylation is 1. The molecule has 8 heteroatoms. The van der Waals surface area contributed by atoms with E-state index in [1.807, 2.05) is 109 Å². The summed E-state index contributed by atoms with van der Waals surface area (Å²) >= 11 is 0. The van der Waals surface area contributed by atoms with E-state index in [0.29, 0.717) is 22.6 Å². The van der Waals surface area contributed by atoms with Crippen molar-refractivity contribution in [2.45, 2.75) is 34.6 Å². The molecule has 0 bridgehead atoms. The van der Waals surface area contributed by atoms with E-state index in [4.69, 9.17) is 9.68 Å². The van der Waals surface area contributed by atoms with Gasteiger partial charge in [0.05, 0.1) is 11.4 Å². The number of hydrogen-bond donors (Lipinski definition) is 0. The first kappa shape index (κ1) is 29.6. The van der Waals surface area contributed by atoms with Crippen molar-refractivity contribution in [1.29, 1.82) is 0 Å². The van der Waals surface area contributed by atoms with Gasteiger partial charge in [0, 0.05) is 42.0 Å². The summed E-state index contributed by atoms with van der Waals surface area (Å²) in [7, 11) is 0. The van der Waals surface area contributed by atoms with Crippen LogP contribution in [-0.4, -0.2) is 29.1 Å². The lowest BCUT2D eigenvalue weighted by molar-refractivity contribution is -0.141. The van der Waals surface area contributed by atoms with Gasteiger partial charge in [0.2, 0.25) is 0 Å². The van der Waals surface area contributed by atoms with Crippen LogP contribution in [0.15, 0.2) is 107 Å². The lowest BCUT2D eigenvalue weighted by Gasteiger charge is -2.26. The third-order valence-electron chi connectivity index (χ3n) is 6.41. The third-order valence-corrected chi connectivity index (χ3v) is 6.41. The normalized spacial score (nSPS) is 11.5. The number of anilines is 3. The summed E-state index contributed by atoms with van der Waals surface area (Å²) in [5.74, 6) is -1.03. The summed E-state index contributed by atoms with van der Waals surface area (Å²) in [5, 5.41) is 7.74. The van der Waals surface area contributed by atoms with Gasteiger partial charge in [0.25, 0.3) is 0 Å². The van der Waals surface area contributed by atoms with Crippen LogP contribution >= 0.6 is 0 Å². The predicted octanol–water partition coefficient (Wildman–Crippen LogP) is 7.27. The highest BCUT2D eigenvalue weighted by Gasteiger charge is 2.15. The van der Waals surface area contributed by atoms with Crippen molar-refractivity contribution in [3.63, 3.8) is 0 Å². The molecule has 0 atom stereocenters. The van der Waals surface area contributed by atoms with Crippen molar-refractivity contribution in [3.8, 4) is 0 Å². The molecule has 0 aliphatic heterocycles. The molecule has 4 aromatic rings. The first-order chi connectivity index (χ1) is 20.1. The molecule has 0 amide bonds. The standard InChI is InChI=1S/C34H31N3O5/c1-22-6-8-29(9-7-22)34(40)30-14-20-33(21-15-30)37(31-16-10-27(11-17-31)23(2)35-41-25(4)38)32-18-12-28(13-19-32)24(3)36-42-26(5)39/h6-21H,1-5H3. The van der Waals surface area contributed by atoms with Crippen LogP contribution in [-0.2, 0) is 19.3 Å². The molecule has 0 aliphatic rings. The SMILES string of the molecule is CC(=O)ON=C(C)c1ccc(N(c2ccc(C(=O)c3ccc(C)cc3)cc2)c2ccc(C(C)=NOC(C)=O)cc2)cc1. The summed E-state index contributed by atoms with van der Waals surface area (Å²) < 4.78 is 0. The Morgan fingerprint density at radius 3 is 1.14 bits per heavy atom. The van der Waals surface area contributed by atoms with Crippen LogP contribution in [0.1, 0.15) is 60.3 Å². The van der Waals surface area contributed by atoms with Crippen molar-refractivity contribution in [2.24, 2.45) is 10.3 Å². The highest BCUT2D eigenvalue weighted by Crippen LogP contribution is 2.35. The number of rotatable bonds is 9. The second-order valence-corrected chi connectivity index (χ2v) is 9.69. The number of carbonyl (C=O) groups is 3. The van der Waals surface area contributed by atoms with Gasteiger partial charge in [-0.05, 0) is 80.4 Å². The van der Waals surface area contributed by atoms with Crippen molar-refractivity contribution in [3.05, 3.63) is 125 Å². The van der Waals surface area contributed by atoms with Gasteiger partial charge in [-0.1, -0.05) is 64.4 Å². The van der Waals surface area contributed by atoms with Gasteiger partial charge in [-0.3, -0.25) is 4.79 Å². The van der Waals surface area contributed by atoms with Gasteiger partial charge in [0.1, 0.15) is 0 Å². The van der Waals surface area contributed by atoms with Crippen LogP contribution in [0, 0.1) is 6.92 Å². The smallest absolute Gasteiger partial charge is 0.318 e. The highest BCUT2D eigenvalue weighted by molar-refractivity contribution is 6.09. The zero-order valence-corrected chi connectivity index (χ0v) is 24.1. The minimum Gasteiger partial charge on any atom is -0.318 e. The lowest BCUT2D eigenvalue weighted by Crippen LogP contribution is -2.11. The Balaban J connectivity index is 1.69. The van der Waals surface area contributed by atoms with E-state index in [9.17, 15) is 14.4 Å². The van der Waals surface area contributed by atoms with Gasteiger partial charge >= 0.3 is 11.9 Å². The van der Waals surface area contributed by atoms with E-state index in [0.717, 1.165) is 33.8 Å². The van der Waals surface area contributed by atoms with Gasteiger partial charge in [-0.2, -0.15) is 0 Å². The minimum absolute atomic E-state index is 0.0492. The molecule has 212 valence electrons. The number of nitrogens with zero attached hydrogens (tertiary/aromatic N) is 3. The highest BCUT2D eigenvalue weighted by atomic mass is 16.7. The fourth-order valence-electron chi connectivity index (χ4n) is 4.15. The van der Waals surface area contributed by atoms with E-state index < -0.39 is 11.9 Å². The van der Waals surface area contributed by atoms with Crippen molar-refractivity contribution in [2.75, 3.05) is 4.90 Å².